The summed E-state index contributed by atoms with van der Waals surface area (Å²) in [6.07, 6.45) is 2.34. The van der Waals surface area contributed by atoms with Gasteiger partial charge in [-0.1, -0.05) is 56.7 Å². The normalized spacial score (nSPS) is 12.3. The summed E-state index contributed by atoms with van der Waals surface area (Å²) < 4.78 is 0. The Kier molecular flexibility index (Phi) is 6.34. The summed E-state index contributed by atoms with van der Waals surface area (Å²) in [5, 5.41) is 3.45. The molecule has 0 aliphatic heterocycles. The van der Waals surface area contributed by atoms with Gasteiger partial charge in [-0.3, -0.25) is 0 Å². The molecular weight excluding hydrogens is 274 g/mol. The van der Waals surface area contributed by atoms with Crippen LogP contribution >= 0.6 is 11.8 Å². The molecule has 0 saturated heterocycles. The fraction of sp³-hybridized carbons (Fsp3) is 0.368. The zero-order valence-corrected chi connectivity index (χ0v) is 14.0. The third-order valence-electron chi connectivity index (χ3n) is 3.64. The van der Waals surface area contributed by atoms with Crippen LogP contribution in [-0.2, 0) is 6.42 Å². The molecule has 0 amide bonds. The van der Waals surface area contributed by atoms with E-state index in [1.165, 1.54) is 28.0 Å². The highest BCUT2D eigenvalue weighted by Gasteiger charge is 2.12. The second-order valence-electron chi connectivity index (χ2n) is 5.22. The number of rotatable bonds is 7. The van der Waals surface area contributed by atoms with Gasteiger partial charge in [0, 0.05) is 4.90 Å². The van der Waals surface area contributed by atoms with Crippen LogP contribution in [0.4, 0.5) is 0 Å². The van der Waals surface area contributed by atoms with Crippen molar-refractivity contribution in [3.63, 3.8) is 0 Å². The van der Waals surface area contributed by atoms with Crippen LogP contribution in [0.3, 0.4) is 0 Å². The van der Waals surface area contributed by atoms with Gasteiger partial charge >= 0.3 is 0 Å². The van der Waals surface area contributed by atoms with Crippen LogP contribution in [0.25, 0.3) is 0 Å². The number of benzene rings is 2. The van der Waals surface area contributed by atoms with Crippen molar-refractivity contribution in [1.29, 1.82) is 0 Å². The van der Waals surface area contributed by atoms with E-state index >= 15 is 0 Å². The van der Waals surface area contributed by atoms with E-state index in [4.69, 9.17) is 0 Å². The van der Waals surface area contributed by atoms with E-state index in [1.54, 1.807) is 0 Å². The van der Waals surface area contributed by atoms with Crippen molar-refractivity contribution in [2.75, 3.05) is 12.8 Å². The highest BCUT2D eigenvalue weighted by Crippen LogP contribution is 2.25. The third kappa shape index (κ3) is 4.36. The summed E-state index contributed by atoms with van der Waals surface area (Å²) in [7, 11) is 2.03. The minimum Gasteiger partial charge on any atom is -0.309 e. The van der Waals surface area contributed by atoms with Crippen LogP contribution in [0.2, 0.25) is 0 Å². The van der Waals surface area contributed by atoms with Gasteiger partial charge in [0.05, 0.1) is 6.04 Å². The Morgan fingerprint density at radius 1 is 1.00 bits per heavy atom. The lowest BCUT2D eigenvalue weighted by Crippen LogP contribution is -2.17. The van der Waals surface area contributed by atoms with Gasteiger partial charge in [0.15, 0.2) is 0 Å². The summed E-state index contributed by atoms with van der Waals surface area (Å²) in [4.78, 5) is 1.34. The van der Waals surface area contributed by atoms with E-state index in [9.17, 15) is 0 Å². The average Bonchev–Trinajstić information content (AvgIpc) is 2.51. The Morgan fingerprint density at radius 3 is 2.38 bits per heavy atom. The fourth-order valence-corrected chi connectivity index (χ4v) is 3.33. The smallest absolute Gasteiger partial charge is 0.0574 e. The number of aryl methyl sites for hydroxylation is 1. The largest absolute Gasteiger partial charge is 0.309 e. The number of hydrogen-bond donors (Lipinski definition) is 1. The highest BCUT2D eigenvalue weighted by molar-refractivity contribution is 7.99. The van der Waals surface area contributed by atoms with E-state index in [0.29, 0.717) is 0 Å². The van der Waals surface area contributed by atoms with E-state index in [2.05, 4.69) is 67.7 Å². The van der Waals surface area contributed by atoms with E-state index in [0.717, 1.165) is 12.2 Å². The molecule has 2 heteroatoms. The lowest BCUT2D eigenvalue weighted by molar-refractivity contribution is 0.689. The van der Waals surface area contributed by atoms with Crippen molar-refractivity contribution < 1.29 is 0 Å². The molecule has 112 valence electrons. The molecule has 21 heavy (non-hydrogen) atoms. The molecule has 2 aromatic carbocycles. The molecule has 0 aromatic heterocycles. The molecular formula is C19H25NS. The lowest BCUT2D eigenvalue weighted by Gasteiger charge is -2.18. The lowest BCUT2D eigenvalue weighted by atomic mass is 9.96. The summed E-state index contributed by atoms with van der Waals surface area (Å²) in [6.45, 7) is 4.42. The van der Waals surface area contributed by atoms with Crippen LogP contribution < -0.4 is 5.32 Å². The van der Waals surface area contributed by atoms with Gasteiger partial charge in [0.25, 0.3) is 0 Å². The molecule has 0 aliphatic carbocycles. The Bertz CT molecular complexity index is 548. The maximum Gasteiger partial charge on any atom is 0.0574 e. The van der Waals surface area contributed by atoms with E-state index < -0.39 is 0 Å². The molecule has 2 aromatic rings. The minimum absolute atomic E-state index is 0.266. The molecule has 0 heterocycles. The van der Waals surface area contributed by atoms with Gasteiger partial charge in [-0.25, -0.2) is 0 Å². The minimum atomic E-state index is 0.266. The van der Waals surface area contributed by atoms with Gasteiger partial charge < -0.3 is 5.32 Å². The van der Waals surface area contributed by atoms with Crippen molar-refractivity contribution >= 4 is 11.8 Å². The van der Waals surface area contributed by atoms with Crippen molar-refractivity contribution in [2.45, 2.75) is 37.6 Å². The Morgan fingerprint density at radius 2 is 1.76 bits per heavy atom. The molecule has 0 spiro atoms. The average molecular weight is 299 g/mol. The second kappa shape index (κ2) is 8.26. The summed E-state index contributed by atoms with van der Waals surface area (Å²) in [6, 6.07) is 18.1. The summed E-state index contributed by atoms with van der Waals surface area (Å²) >= 11 is 1.89. The molecule has 0 fully saturated rings. The summed E-state index contributed by atoms with van der Waals surface area (Å²) in [5.41, 5.74) is 4.10. The zero-order valence-electron chi connectivity index (χ0n) is 13.2. The molecule has 1 nitrogen and oxygen atoms in total. The van der Waals surface area contributed by atoms with Crippen LogP contribution in [0.15, 0.2) is 53.4 Å². The SMILES string of the molecule is CCCc1cccc(C(NC)c2ccc(SCC)cc2)c1. The second-order valence-corrected chi connectivity index (χ2v) is 6.56. The Labute approximate surface area is 133 Å². The Balaban J connectivity index is 2.24. The molecule has 2 rings (SSSR count). The molecule has 0 radical (unpaired) electrons. The molecule has 0 aliphatic rings. The molecule has 1 atom stereocenters. The molecule has 1 unspecified atom stereocenters. The molecule has 0 bridgehead atoms. The quantitative estimate of drug-likeness (QED) is 0.717. The first-order chi connectivity index (χ1) is 10.3. The van der Waals surface area contributed by atoms with Gasteiger partial charge in [-0.15, -0.1) is 11.8 Å². The van der Waals surface area contributed by atoms with Crippen LogP contribution in [0, 0.1) is 0 Å². The first kappa shape index (κ1) is 16.1. The first-order valence-corrected chi connectivity index (χ1v) is 8.75. The maximum atomic E-state index is 3.45. The third-order valence-corrected chi connectivity index (χ3v) is 4.53. The Hall–Kier alpha value is -1.25. The zero-order chi connectivity index (χ0) is 15.1. The first-order valence-electron chi connectivity index (χ1n) is 7.77. The standard InChI is InChI=1S/C19H25NS/c1-4-7-15-8-6-9-17(14-15)19(20-3)16-10-12-18(13-11-16)21-5-2/h6,8-14,19-20H,4-5,7H2,1-3H3. The maximum absolute atomic E-state index is 3.45. The number of thioether (sulfide) groups is 1. The molecule has 1 N–H and O–H groups in total. The van der Waals surface area contributed by atoms with Crippen molar-refractivity contribution in [1.82, 2.24) is 5.32 Å². The summed E-state index contributed by atoms with van der Waals surface area (Å²) in [5.74, 6) is 1.12. The highest BCUT2D eigenvalue weighted by atomic mass is 32.2. The predicted octanol–water partition coefficient (Wildman–Crippen LogP) is 5.06. The van der Waals surface area contributed by atoms with E-state index in [1.807, 2.05) is 18.8 Å². The van der Waals surface area contributed by atoms with Crippen molar-refractivity contribution in [2.24, 2.45) is 0 Å². The van der Waals surface area contributed by atoms with Gasteiger partial charge in [0.2, 0.25) is 0 Å². The van der Waals surface area contributed by atoms with Gasteiger partial charge in [-0.2, -0.15) is 0 Å². The van der Waals surface area contributed by atoms with Crippen LogP contribution in [-0.4, -0.2) is 12.8 Å². The fourth-order valence-electron chi connectivity index (χ4n) is 2.67. The van der Waals surface area contributed by atoms with Crippen LogP contribution in [0.5, 0.6) is 0 Å². The van der Waals surface area contributed by atoms with Crippen LogP contribution in [0.1, 0.15) is 43.0 Å². The van der Waals surface area contributed by atoms with Gasteiger partial charge in [0.1, 0.15) is 0 Å². The predicted molar refractivity (Wildman–Crippen MR) is 94.2 cm³/mol. The topological polar surface area (TPSA) is 12.0 Å². The van der Waals surface area contributed by atoms with Crippen molar-refractivity contribution in [3.8, 4) is 0 Å². The molecule has 0 saturated carbocycles. The number of nitrogens with one attached hydrogen (secondary N) is 1. The van der Waals surface area contributed by atoms with Crippen molar-refractivity contribution in [3.05, 3.63) is 65.2 Å². The van der Waals surface area contributed by atoms with Gasteiger partial charge in [-0.05, 0) is 48.0 Å². The monoisotopic (exact) mass is 299 g/mol. The number of hydrogen-bond acceptors (Lipinski definition) is 2. The van der Waals surface area contributed by atoms with E-state index in [-0.39, 0.29) is 6.04 Å².